The minimum Gasteiger partial charge on any atom is -0.346 e. The zero-order valence-electron chi connectivity index (χ0n) is 31.9. The molecule has 1 N–H and O–H groups in total. The Morgan fingerprint density at radius 2 is 1.56 bits per heavy atom. The van der Waals surface area contributed by atoms with E-state index in [-0.39, 0.29) is 0 Å². The highest BCUT2D eigenvalue weighted by Gasteiger charge is 2.29. The highest BCUT2D eigenvalue weighted by atomic mass is 15.2. The van der Waals surface area contributed by atoms with Gasteiger partial charge in [0.25, 0.3) is 0 Å². The van der Waals surface area contributed by atoms with E-state index in [4.69, 9.17) is 9.97 Å². The van der Waals surface area contributed by atoms with Crippen LogP contribution in [0.3, 0.4) is 0 Å². The first-order chi connectivity index (χ1) is 27.1. The van der Waals surface area contributed by atoms with Gasteiger partial charge in [-0.2, -0.15) is 0 Å². The maximum Gasteiger partial charge on any atom is 0.144 e. The van der Waals surface area contributed by atoms with Gasteiger partial charge in [-0.25, -0.2) is 19.9 Å². The summed E-state index contributed by atoms with van der Waals surface area (Å²) in [6.07, 6.45) is 24.2. The lowest BCUT2D eigenvalue weighted by molar-refractivity contribution is 0.130. The fraction of sp³-hybridized carbons (Fsp3) is 0.378. The van der Waals surface area contributed by atoms with Crippen LogP contribution in [0.4, 0.5) is 0 Å². The standard InChI is InChI=1S/C23H27N5.C22H23N5/c1-3-17(20-15-25-23-19(20)8-5-10-24-23)14-21-16(2)28-13-12-27(18-6-4-7-18)11-9-22(28)26-21;1-3-17(4-1)25-11-8-21-24-19-15-16(6-7-20(19)27(21)14-13-25)18-5-2-10-26-12-9-23-22(18)26/h3,5,8,10,14-15,18H,1,4,6-7,9,11-13H2,2H3,(H,24,25);2,5-7,9-10,12,15,17H,1,3-4,8,11,13-14H2/b17-14+;. The molecule has 0 atom stereocenters. The van der Waals surface area contributed by atoms with Crippen LogP contribution in [-0.4, -0.2) is 86.5 Å². The Labute approximate surface area is 322 Å². The number of allylic oxidation sites excluding steroid dienone is 2. The molecule has 280 valence electrons. The molecule has 0 radical (unpaired) electrons. The predicted molar refractivity (Wildman–Crippen MR) is 221 cm³/mol. The van der Waals surface area contributed by atoms with Crippen LogP contribution in [0.5, 0.6) is 0 Å². The Morgan fingerprint density at radius 3 is 2.31 bits per heavy atom. The fourth-order valence-electron chi connectivity index (χ4n) is 9.19. The lowest BCUT2D eigenvalue weighted by Gasteiger charge is -2.36. The highest BCUT2D eigenvalue weighted by molar-refractivity contribution is 5.98. The number of nitrogens with one attached hydrogen (secondary N) is 1. The van der Waals surface area contributed by atoms with Crippen LogP contribution < -0.4 is 0 Å². The molecule has 6 aromatic heterocycles. The van der Waals surface area contributed by atoms with E-state index in [1.807, 2.05) is 43.1 Å². The van der Waals surface area contributed by atoms with Gasteiger partial charge >= 0.3 is 0 Å². The fourth-order valence-corrected chi connectivity index (χ4v) is 9.19. The van der Waals surface area contributed by atoms with Gasteiger partial charge in [-0.05, 0) is 86.2 Å². The van der Waals surface area contributed by atoms with E-state index >= 15 is 0 Å². The molecule has 1 aromatic carbocycles. The second-order valence-electron chi connectivity index (χ2n) is 15.8. The first-order valence-electron chi connectivity index (χ1n) is 20.3. The van der Waals surface area contributed by atoms with Gasteiger partial charge in [-0.1, -0.05) is 31.6 Å². The summed E-state index contributed by atoms with van der Waals surface area (Å²) < 4.78 is 6.92. The largest absolute Gasteiger partial charge is 0.346 e. The second-order valence-corrected chi connectivity index (χ2v) is 15.8. The van der Waals surface area contributed by atoms with Crippen molar-refractivity contribution in [3.05, 3.63) is 115 Å². The minimum atomic E-state index is 0.812. The molecule has 0 bridgehead atoms. The van der Waals surface area contributed by atoms with Crippen molar-refractivity contribution < 1.29 is 0 Å². The topological polar surface area (TPSA) is 88.1 Å². The molecule has 11 rings (SSSR count). The van der Waals surface area contributed by atoms with Gasteiger partial charge in [0, 0.05) is 117 Å². The van der Waals surface area contributed by atoms with Crippen LogP contribution in [0.2, 0.25) is 0 Å². The van der Waals surface area contributed by atoms with E-state index in [0.717, 1.165) is 109 Å². The third kappa shape index (κ3) is 6.31. The van der Waals surface area contributed by atoms with E-state index in [1.165, 1.54) is 66.9 Å². The van der Waals surface area contributed by atoms with Crippen molar-refractivity contribution in [3.8, 4) is 11.1 Å². The first-order valence-corrected chi connectivity index (χ1v) is 20.3. The number of H-pyrrole nitrogens is 1. The molecule has 2 saturated carbocycles. The molecule has 55 heavy (non-hydrogen) atoms. The molecule has 2 aliphatic carbocycles. The van der Waals surface area contributed by atoms with E-state index in [2.05, 4.69) is 94.3 Å². The number of aromatic nitrogens is 8. The predicted octanol–water partition coefficient (Wildman–Crippen LogP) is 7.97. The quantitative estimate of drug-likeness (QED) is 0.175. The van der Waals surface area contributed by atoms with E-state index < -0.39 is 0 Å². The smallest absolute Gasteiger partial charge is 0.144 e. The van der Waals surface area contributed by atoms with Gasteiger partial charge in [0.2, 0.25) is 0 Å². The van der Waals surface area contributed by atoms with Crippen LogP contribution >= 0.6 is 0 Å². The maximum atomic E-state index is 5.01. The SMILES string of the molecule is C=C/C(=C\c1nc2n(c1C)CCN(C1CCC1)CC2)c1c[nH]c2ncccc12.c1cc(-c2ccc3c(c2)nc2n3CCN(C3CCC3)CC2)c2nccn2c1. The summed E-state index contributed by atoms with van der Waals surface area (Å²) >= 11 is 0. The number of benzene rings is 1. The van der Waals surface area contributed by atoms with E-state index in [1.54, 1.807) is 0 Å². The van der Waals surface area contributed by atoms with Crippen molar-refractivity contribution in [1.29, 1.82) is 0 Å². The van der Waals surface area contributed by atoms with E-state index in [0.29, 0.717) is 0 Å². The van der Waals surface area contributed by atoms with Crippen LogP contribution in [-0.2, 0) is 25.9 Å². The van der Waals surface area contributed by atoms with Crippen LogP contribution in [0, 0.1) is 6.92 Å². The van der Waals surface area contributed by atoms with E-state index in [9.17, 15) is 0 Å². The third-order valence-electron chi connectivity index (χ3n) is 12.8. The Hall–Kier alpha value is -5.32. The van der Waals surface area contributed by atoms with Crippen LogP contribution in [0.25, 0.3) is 50.5 Å². The van der Waals surface area contributed by atoms with Crippen molar-refractivity contribution in [2.45, 2.75) is 83.5 Å². The number of hydrogen-bond donors (Lipinski definition) is 1. The molecule has 0 saturated heterocycles. The summed E-state index contributed by atoms with van der Waals surface area (Å²) in [5.74, 6) is 2.46. The first kappa shape index (κ1) is 34.2. The second kappa shape index (κ2) is 14.4. The van der Waals surface area contributed by atoms with Crippen LogP contribution in [0.1, 0.15) is 67.1 Å². The molecule has 2 aliphatic heterocycles. The molecule has 8 heterocycles. The number of fused-ring (bicyclic) bond motifs is 6. The molecule has 0 spiro atoms. The third-order valence-corrected chi connectivity index (χ3v) is 12.8. The zero-order valence-corrected chi connectivity index (χ0v) is 31.9. The number of aromatic amines is 1. The van der Waals surface area contributed by atoms with Crippen molar-refractivity contribution in [2.24, 2.45) is 0 Å². The average Bonchev–Trinajstić information content (AvgIpc) is 3.90. The van der Waals surface area contributed by atoms with Crippen molar-refractivity contribution in [3.63, 3.8) is 0 Å². The molecular formula is C45H50N10. The van der Waals surface area contributed by atoms with Crippen molar-refractivity contribution in [1.82, 2.24) is 48.3 Å². The molecule has 0 amide bonds. The van der Waals surface area contributed by atoms with Gasteiger partial charge in [0.15, 0.2) is 0 Å². The zero-order chi connectivity index (χ0) is 36.9. The number of pyridine rings is 2. The monoisotopic (exact) mass is 730 g/mol. The molecule has 7 aromatic rings. The summed E-state index contributed by atoms with van der Waals surface area (Å²) in [7, 11) is 0. The molecule has 0 unspecified atom stereocenters. The minimum absolute atomic E-state index is 0.812. The van der Waals surface area contributed by atoms with Crippen molar-refractivity contribution in [2.75, 3.05) is 26.2 Å². The summed E-state index contributed by atoms with van der Waals surface area (Å²) in [6, 6.07) is 16.6. The molecule has 2 fully saturated rings. The lowest BCUT2D eigenvalue weighted by Crippen LogP contribution is -2.41. The van der Waals surface area contributed by atoms with Gasteiger partial charge < -0.3 is 18.5 Å². The van der Waals surface area contributed by atoms with Crippen molar-refractivity contribution >= 4 is 39.4 Å². The number of imidazole rings is 3. The highest BCUT2D eigenvalue weighted by Crippen LogP contribution is 2.32. The summed E-state index contributed by atoms with van der Waals surface area (Å²) in [6.45, 7) is 12.9. The number of nitrogens with zero attached hydrogens (tertiary/aromatic N) is 9. The van der Waals surface area contributed by atoms with Crippen LogP contribution in [0.15, 0.2) is 86.1 Å². The Morgan fingerprint density at radius 1 is 0.800 bits per heavy atom. The van der Waals surface area contributed by atoms with Gasteiger partial charge in [0.05, 0.1) is 16.7 Å². The lowest BCUT2D eigenvalue weighted by atomic mass is 9.91. The Kier molecular flexibility index (Phi) is 8.95. The molecule has 10 nitrogen and oxygen atoms in total. The summed E-state index contributed by atoms with van der Waals surface area (Å²) in [5.41, 5.74) is 11.1. The summed E-state index contributed by atoms with van der Waals surface area (Å²) in [4.78, 5) is 27.5. The maximum absolute atomic E-state index is 5.01. The number of hydrogen-bond acceptors (Lipinski definition) is 6. The Balaban J connectivity index is 0.000000135. The average molecular weight is 731 g/mol. The molecular weight excluding hydrogens is 681 g/mol. The van der Waals surface area contributed by atoms with Gasteiger partial charge in [-0.15, -0.1) is 0 Å². The molecule has 10 heteroatoms. The number of rotatable bonds is 6. The summed E-state index contributed by atoms with van der Waals surface area (Å²) in [5, 5.41) is 1.11. The molecule has 4 aliphatic rings. The van der Waals surface area contributed by atoms with Gasteiger partial charge in [-0.3, -0.25) is 9.80 Å². The normalized spacial score (nSPS) is 18.6. The Bertz CT molecular complexity index is 2540. The van der Waals surface area contributed by atoms with Gasteiger partial charge in [0.1, 0.15) is 22.9 Å².